The minimum absolute atomic E-state index is 0.454. The van der Waals surface area contributed by atoms with E-state index in [2.05, 4.69) is 15.9 Å². The third-order valence-corrected chi connectivity index (χ3v) is 4.53. The summed E-state index contributed by atoms with van der Waals surface area (Å²) in [6.45, 7) is 0. The Bertz CT molecular complexity index is 355. The topological polar surface area (TPSA) is 37.3 Å². The molecule has 0 spiro atoms. The van der Waals surface area contributed by atoms with E-state index in [-0.39, 0.29) is 0 Å². The fourth-order valence-electron chi connectivity index (χ4n) is 1.85. The van der Waals surface area contributed by atoms with Crippen LogP contribution >= 0.6 is 27.3 Å². The van der Waals surface area contributed by atoms with Crippen LogP contribution in [0.5, 0.6) is 0 Å². The molecule has 76 valence electrons. The van der Waals surface area contributed by atoms with E-state index in [4.69, 9.17) is 5.11 Å². The van der Waals surface area contributed by atoms with Gasteiger partial charge in [-0.05, 0) is 47.3 Å². The van der Waals surface area contributed by atoms with E-state index in [0.29, 0.717) is 6.42 Å². The monoisotopic (exact) mass is 274 g/mol. The highest BCUT2D eigenvalue weighted by Gasteiger charge is 2.44. The summed E-state index contributed by atoms with van der Waals surface area (Å²) in [6.07, 6.45) is 3.41. The summed E-state index contributed by atoms with van der Waals surface area (Å²) in [4.78, 5) is 12.3. The smallest absolute Gasteiger partial charge is 0.309 e. The Morgan fingerprint density at radius 3 is 2.64 bits per heavy atom. The molecule has 0 bridgehead atoms. The van der Waals surface area contributed by atoms with E-state index in [1.165, 1.54) is 4.88 Å². The molecule has 1 aliphatic rings. The molecule has 1 aromatic rings. The minimum Gasteiger partial charge on any atom is -0.481 e. The Kier molecular flexibility index (Phi) is 2.66. The van der Waals surface area contributed by atoms with Gasteiger partial charge in [-0.25, -0.2) is 0 Å². The normalized spacial score (nSPS) is 18.9. The van der Waals surface area contributed by atoms with Gasteiger partial charge >= 0.3 is 5.97 Å². The van der Waals surface area contributed by atoms with E-state index in [1.807, 2.05) is 12.1 Å². The van der Waals surface area contributed by atoms with Crippen molar-refractivity contribution >= 4 is 33.2 Å². The van der Waals surface area contributed by atoms with Gasteiger partial charge in [-0.3, -0.25) is 4.79 Å². The molecule has 4 heteroatoms. The summed E-state index contributed by atoms with van der Waals surface area (Å²) < 4.78 is 1.08. The standard InChI is InChI=1S/C10H11BrO2S/c11-8-3-2-7(14-8)6-10(9(12)13)4-1-5-10/h2-3H,1,4-6H2,(H,12,13). The van der Waals surface area contributed by atoms with Crippen LogP contribution in [0.25, 0.3) is 0 Å². The van der Waals surface area contributed by atoms with Gasteiger partial charge in [-0.2, -0.15) is 0 Å². The molecule has 1 fully saturated rings. The SMILES string of the molecule is O=C(O)C1(Cc2ccc(Br)s2)CCC1. The molecular formula is C10H11BrO2S. The lowest BCUT2D eigenvalue weighted by molar-refractivity contribution is -0.154. The third-order valence-electron chi connectivity index (χ3n) is 2.91. The van der Waals surface area contributed by atoms with Crippen LogP contribution in [0, 0.1) is 5.41 Å². The minimum atomic E-state index is -0.631. The first-order valence-electron chi connectivity index (χ1n) is 4.60. The van der Waals surface area contributed by atoms with E-state index in [9.17, 15) is 4.79 Å². The van der Waals surface area contributed by atoms with Crippen molar-refractivity contribution in [1.82, 2.24) is 0 Å². The van der Waals surface area contributed by atoms with Gasteiger partial charge < -0.3 is 5.11 Å². The van der Waals surface area contributed by atoms with Crippen molar-refractivity contribution in [1.29, 1.82) is 0 Å². The lowest BCUT2D eigenvalue weighted by atomic mass is 9.66. The highest BCUT2D eigenvalue weighted by Crippen LogP contribution is 2.45. The van der Waals surface area contributed by atoms with Crippen LogP contribution in [-0.2, 0) is 11.2 Å². The molecule has 0 unspecified atom stereocenters. The van der Waals surface area contributed by atoms with Crippen molar-refractivity contribution in [2.45, 2.75) is 25.7 Å². The molecule has 14 heavy (non-hydrogen) atoms. The van der Waals surface area contributed by atoms with Crippen LogP contribution in [0.1, 0.15) is 24.1 Å². The van der Waals surface area contributed by atoms with Gasteiger partial charge in [0.2, 0.25) is 0 Å². The van der Waals surface area contributed by atoms with Crippen molar-refractivity contribution in [3.63, 3.8) is 0 Å². The molecule has 1 aromatic heterocycles. The molecule has 0 radical (unpaired) electrons. The molecule has 2 rings (SSSR count). The van der Waals surface area contributed by atoms with E-state index in [0.717, 1.165) is 23.0 Å². The zero-order valence-electron chi connectivity index (χ0n) is 7.62. The number of aliphatic carboxylic acids is 1. The van der Waals surface area contributed by atoms with Crippen molar-refractivity contribution < 1.29 is 9.90 Å². The second-order valence-corrected chi connectivity index (χ2v) is 6.37. The number of hydrogen-bond acceptors (Lipinski definition) is 2. The largest absolute Gasteiger partial charge is 0.481 e. The fraction of sp³-hybridized carbons (Fsp3) is 0.500. The zero-order valence-corrected chi connectivity index (χ0v) is 10.0. The van der Waals surface area contributed by atoms with Gasteiger partial charge in [0.1, 0.15) is 0 Å². The summed E-state index contributed by atoms with van der Waals surface area (Å²) in [5.41, 5.74) is -0.454. The summed E-state index contributed by atoms with van der Waals surface area (Å²) >= 11 is 5.02. The zero-order chi connectivity index (χ0) is 10.2. The fourth-order valence-corrected chi connectivity index (χ4v) is 3.48. The van der Waals surface area contributed by atoms with E-state index < -0.39 is 11.4 Å². The first-order chi connectivity index (χ1) is 6.62. The van der Waals surface area contributed by atoms with Gasteiger partial charge in [-0.1, -0.05) is 6.42 Å². The van der Waals surface area contributed by atoms with Gasteiger partial charge in [0.25, 0.3) is 0 Å². The lowest BCUT2D eigenvalue weighted by Gasteiger charge is -2.37. The van der Waals surface area contributed by atoms with Gasteiger partial charge in [-0.15, -0.1) is 11.3 Å². The summed E-state index contributed by atoms with van der Waals surface area (Å²) in [6, 6.07) is 3.99. The van der Waals surface area contributed by atoms with Crippen LogP contribution in [0.3, 0.4) is 0 Å². The molecule has 1 saturated carbocycles. The number of thiophene rings is 1. The molecular weight excluding hydrogens is 264 g/mol. The molecule has 0 amide bonds. The van der Waals surface area contributed by atoms with Crippen LogP contribution < -0.4 is 0 Å². The first kappa shape index (κ1) is 10.2. The number of carboxylic acid groups (broad SMARTS) is 1. The highest BCUT2D eigenvalue weighted by atomic mass is 79.9. The Hall–Kier alpha value is -0.350. The second kappa shape index (κ2) is 3.66. The Balaban J connectivity index is 2.12. The first-order valence-corrected chi connectivity index (χ1v) is 6.21. The number of rotatable bonds is 3. The number of carbonyl (C=O) groups is 1. The molecule has 0 atom stereocenters. The van der Waals surface area contributed by atoms with Crippen molar-refractivity contribution in [3.8, 4) is 0 Å². The second-order valence-electron chi connectivity index (χ2n) is 3.82. The van der Waals surface area contributed by atoms with Crippen LogP contribution in [0.4, 0.5) is 0 Å². The average molecular weight is 275 g/mol. The van der Waals surface area contributed by atoms with Gasteiger partial charge in [0.05, 0.1) is 9.20 Å². The maximum atomic E-state index is 11.1. The number of halogens is 1. The molecule has 2 nitrogen and oxygen atoms in total. The number of carboxylic acids is 1. The average Bonchev–Trinajstić information content (AvgIpc) is 2.43. The maximum Gasteiger partial charge on any atom is 0.309 e. The van der Waals surface area contributed by atoms with Crippen LogP contribution in [-0.4, -0.2) is 11.1 Å². The molecule has 0 aromatic carbocycles. The van der Waals surface area contributed by atoms with E-state index in [1.54, 1.807) is 11.3 Å². The van der Waals surface area contributed by atoms with Crippen molar-refractivity contribution in [2.75, 3.05) is 0 Å². The molecule has 1 N–H and O–H groups in total. The van der Waals surface area contributed by atoms with E-state index >= 15 is 0 Å². The van der Waals surface area contributed by atoms with Crippen molar-refractivity contribution in [2.24, 2.45) is 5.41 Å². The quantitative estimate of drug-likeness (QED) is 0.918. The summed E-state index contributed by atoms with van der Waals surface area (Å²) in [5.74, 6) is -0.631. The highest BCUT2D eigenvalue weighted by molar-refractivity contribution is 9.11. The van der Waals surface area contributed by atoms with Crippen LogP contribution in [0.15, 0.2) is 15.9 Å². The summed E-state index contributed by atoms with van der Waals surface area (Å²) in [7, 11) is 0. The van der Waals surface area contributed by atoms with Gasteiger partial charge in [0, 0.05) is 4.88 Å². The molecule has 1 aliphatic carbocycles. The predicted octanol–water partition coefficient (Wildman–Crippen LogP) is 3.31. The molecule has 1 heterocycles. The Labute approximate surface area is 95.1 Å². The van der Waals surface area contributed by atoms with Crippen molar-refractivity contribution in [3.05, 3.63) is 20.8 Å². The molecule has 0 aliphatic heterocycles. The maximum absolute atomic E-state index is 11.1. The third kappa shape index (κ3) is 1.73. The lowest BCUT2D eigenvalue weighted by Crippen LogP contribution is -2.39. The van der Waals surface area contributed by atoms with Gasteiger partial charge in [0.15, 0.2) is 0 Å². The van der Waals surface area contributed by atoms with Crippen LogP contribution in [0.2, 0.25) is 0 Å². The number of hydrogen-bond donors (Lipinski definition) is 1. The Morgan fingerprint density at radius 2 is 2.29 bits per heavy atom. The Morgan fingerprint density at radius 1 is 1.57 bits per heavy atom. The predicted molar refractivity (Wildman–Crippen MR) is 59.6 cm³/mol. The molecule has 0 saturated heterocycles. The summed E-state index contributed by atoms with van der Waals surface area (Å²) in [5, 5.41) is 9.14.